The van der Waals surface area contributed by atoms with E-state index in [2.05, 4.69) is 26.6 Å². The van der Waals surface area contributed by atoms with Crippen molar-refractivity contribution in [2.24, 2.45) is 0 Å². The Hall–Kier alpha value is -1.85. The molecule has 4 nitrogen and oxygen atoms in total. The summed E-state index contributed by atoms with van der Waals surface area (Å²) in [4.78, 5) is 23.7. The monoisotopic (exact) mass is 408 g/mol. The topological polar surface area (TPSA) is 58.2 Å². The zero-order valence-electron chi connectivity index (χ0n) is 13.0. The minimum atomic E-state index is -0.184. The number of benzene rings is 2. The van der Waals surface area contributed by atoms with Gasteiger partial charge >= 0.3 is 0 Å². The molecule has 0 saturated heterocycles. The van der Waals surface area contributed by atoms with Crippen LogP contribution >= 0.6 is 27.5 Å². The summed E-state index contributed by atoms with van der Waals surface area (Å²) < 4.78 is 0.916. The van der Waals surface area contributed by atoms with Gasteiger partial charge in [-0.25, -0.2) is 0 Å². The summed E-state index contributed by atoms with van der Waals surface area (Å²) in [6.45, 7) is 0.864. The minimum absolute atomic E-state index is 0.0833. The average Bonchev–Trinajstić information content (AvgIpc) is 2.57. The van der Waals surface area contributed by atoms with Gasteiger partial charge in [-0.3, -0.25) is 9.59 Å². The van der Waals surface area contributed by atoms with E-state index in [1.807, 2.05) is 24.3 Å². The Morgan fingerprint density at radius 3 is 2.25 bits per heavy atom. The Morgan fingerprint density at radius 1 is 0.917 bits per heavy atom. The standard InChI is InChI=1S/C18H18BrClN2O2/c19-15-5-3-14(4-6-15)18(24)22-12-10-17(23)21-11-9-13-1-7-16(20)8-2-13/h1-8H,9-12H2,(H,21,23)(H,22,24). The number of hydrogen-bond acceptors (Lipinski definition) is 2. The SMILES string of the molecule is O=C(CCNC(=O)c1ccc(Br)cc1)NCCc1ccc(Cl)cc1. The second-order valence-corrected chi connectivity index (χ2v) is 6.59. The lowest BCUT2D eigenvalue weighted by Crippen LogP contribution is -2.31. The van der Waals surface area contributed by atoms with Crippen LogP contribution in [0.5, 0.6) is 0 Å². The van der Waals surface area contributed by atoms with Crippen molar-refractivity contribution in [2.45, 2.75) is 12.8 Å². The second kappa shape index (κ2) is 9.45. The van der Waals surface area contributed by atoms with Crippen LogP contribution < -0.4 is 10.6 Å². The van der Waals surface area contributed by atoms with Crippen LogP contribution in [-0.4, -0.2) is 24.9 Å². The summed E-state index contributed by atoms with van der Waals surface area (Å²) in [6, 6.07) is 14.6. The van der Waals surface area contributed by atoms with Gasteiger partial charge < -0.3 is 10.6 Å². The summed E-state index contributed by atoms with van der Waals surface area (Å²) in [5.74, 6) is -0.267. The first-order valence-corrected chi connectivity index (χ1v) is 8.76. The molecule has 2 N–H and O–H groups in total. The van der Waals surface area contributed by atoms with E-state index in [0.717, 1.165) is 16.5 Å². The first kappa shape index (κ1) is 18.5. The third-order valence-electron chi connectivity index (χ3n) is 3.39. The third kappa shape index (κ3) is 6.34. The molecule has 0 spiro atoms. The van der Waals surface area contributed by atoms with Crippen LogP contribution in [0.2, 0.25) is 5.02 Å². The quantitative estimate of drug-likeness (QED) is 0.734. The van der Waals surface area contributed by atoms with Crippen LogP contribution in [0.3, 0.4) is 0 Å². The van der Waals surface area contributed by atoms with Crippen molar-refractivity contribution in [3.05, 3.63) is 69.2 Å². The Labute approximate surface area is 154 Å². The largest absolute Gasteiger partial charge is 0.356 e. The maximum Gasteiger partial charge on any atom is 0.251 e. The van der Waals surface area contributed by atoms with E-state index in [0.29, 0.717) is 23.7 Å². The van der Waals surface area contributed by atoms with E-state index in [-0.39, 0.29) is 18.2 Å². The van der Waals surface area contributed by atoms with Crippen LogP contribution in [-0.2, 0) is 11.2 Å². The lowest BCUT2D eigenvalue weighted by molar-refractivity contribution is -0.120. The highest BCUT2D eigenvalue weighted by atomic mass is 79.9. The van der Waals surface area contributed by atoms with E-state index < -0.39 is 0 Å². The van der Waals surface area contributed by atoms with Gasteiger partial charge in [0.1, 0.15) is 0 Å². The summed E-state index contributed by atoms with van der Waals surface area (Å²) in [5.41, 5.74) is 1.68. The Balaban J connectivity index is 1.63. The number of rotatable bonds is 7. The molecule has 0 aromatic heterocycles. The fourth-order valence-corrected chi connectivity index (χ4v) is 2.47. The van der Waals surface area contributed by atoms with Crippen molar-refractivity contribution in [3.8, 4) is 0 Å². The molecule has 0 heterocycles. The molecular weight excluding hydrogens is 392 g/mol. The van der Waals surface area contributed by atoms with E-state index in [9.17, 15) is 9.59 Å². The predicted molar refractivity (Wildman–Crippen MR) is 99.3 cm³/mol. The van der Waals surface area contributed by atoms with Crippen LogP contribution in [0, 0.1) is 0 Å². The molecule has 0 bridgehead atoms. The lowest BCUT2D eigenvalue weighted by atomic mass is 10.1. The van der Waals surface area contributed by atoms with Crippen molar-refractivity contribution in [1.82, 2.24) is 10.6 Å². The maximum atomic E-state index is 11.9. The van der Waals surface area contributed by atoms with Crippen molar-refractivity contribution < 1.29 is 9.59 Å². The molecule has 0 aliphatic carbocycles. The van der Waals surface area contributed by atoms with Gasteiger partial charge in [0, 0.05) is 34.6 Å². The molecule has 0 aliphatic rings. The van der Waals surface area contributed by atoms with Gasteiger partial charge in [-0.15, -0.1) is 0 Å². The molecule has 2 aromatic carbocycles. The zero-order valence-corrected chi connectivity index (χ0v) is 15.4. The van der Waals surface area contributed by atoms with E-state index in [1.165, 1.54) is 0 Å². The maximum absolute atomic E-state index is 11.9. The van der Waals surface area contributed by atoms with Gasteiger partial charge in [-0.1, -0.05) is 39.7 Å². The number of carbonyl (C=O) groups excluding carboxylic acids is 2. The van der Waals surface area contributed by atoms with Crippen LogP contribution in [0.1, 0.15) is 22.3 Å². The second-order valence-electron chi connectivity index (χ2n) is 5.24. The Kier molecular flexibility index (Phi) is 7.28. The molecule has 2 amide bonds. The molecule has 0 atom stereocenters. The molecule has 0 radical (unpaired) electrons. The molecule has 0 unspecified atom stereocenters. The molecule has 2 aromatic rings. The first-order chi connectivity index (χ1) is 11.5. The molecule has 2 rings (SSSR count). The zero-order chi connectivity index (χ0) is 17.4. The highest BCUT2D eigenvalue weighted by Gasteiger charge is 2.06. The molecule has 0 aliphatic heterocycles. The Bertz CT molecular complexity index is 687. The number of amides is 2. The average molecular weight is 410 g/mol. The summed E-state index contributed by atoms with van der Waals surface area (Å²) in [7, 11) is 0. The fourth-order valence-electron chi connectivity index (χ4n) is 2.08. The van der Waals surface area contributed by atoms with Gasteiger partial charge in [0.2, 0.25) is 5.91 Å². The summed E-state index contributed by atoms with van der Waals surface area (Å²) in [5, 5.41) is 6.27. The van der Waals surface area contributed by atoms with Gasteiger partial charge in [0.15, 0.2) is 0 Å². The molecule has 0 fully saturated rings. The number of carbonyl (C=O) groups is 2. The van der Waals surface area contributed by atoms with Gasteiger partial charge in [-0.05, 0) is 48.4 Å². The lowest BCUT2D eigenvalue weighted by Gasteiger charge is -2.07. The fraction of sp³-hybridized carbons (Fsp3) is 0.222. The molecule has 0 saturated carbocycles. The molecule has 6 heteroatoms. The van der Waals surface area contributed by atoms with E-state index in [4.69, 9.17) is 11.6 Å². The number of hydrogen-bond donors (Lipinski definition) is 2. The number of nitrogens with one attached hydrogen (secondary N) is 2. The van der Waals surface area contributed by atoms with Gasteiger partial charge in [0.25, 0.3) is 5.91 Å². The van der Waals surface area contributed by atoms with Gasteiger partial charge in [0.05, 0.1) is 0 Å². The van der Waals surface area contributed by atoms with Crippen molar-refractivity contribution >= 4 is 39.3 Å². The van der Waals surface area contributed by atoms with Crippen molar-refractivity contribution in [3.63, 3.8) is 0 Å². The van der Waals surface area contributed by atoms with E-state index in [1.54, 1.807) is 24.3 Å². The summed E-state index contributed by atoms with van der Waals surface area (Å²) in [6.07, 6.45) is 0.997. The molecule has 24 heavy (non-hydrogen) atoms. The predicted octanol–water partition coefficient (Wildman–Crippen LogP) is 3.58. The van der Waals surface area contributed by atoms with E-state index >= 15 is 0 Å². The molecule has 126 valence electrons. The van der Waals surface area contributed by atoms with Crippen LogP contribution in [0.25, 0.3) is 0 Å². The van der Waals surface area contributed by atoms with Crippen molar-refractivity contribution in [1.29, 1.82) is 0 Å². The minimum Gasteiger partial charge on any atom is -0.356 e. The van der Waals surface area contributed by atoms with Crippen LogP contribution in [0.4, 0.5) is 0 Å². The number of halogens is 2. The first-order valence-electron chi connectivity index (χ1n) is 7.59. The highest BCUT2D eigenvalue weighted by molar-refractivity contribution is 9.10. The normalized spacial score (nSPS) is 10.2. The van der Waals surface area contributed by atoms with Crippen molar-refractivity contribution in [2.75, 3.05) is 13.1 Å². The third-order valence-corrected chi connectivity index (χ3v) is 4.17. The van der Waals surface area contributed by atoms with Gasteiger partial charge in [-0.2, -0.15) is 0 Å². The summed E-state index contributed by atoms with van der Waals surface area (Å²) >= 11 is 9.14. The Morgan fingerprint density at radius 2 is 1.58 bits per heavy atom. The smallest absolute Gasteiger partial charge is 0.251 e. The molecular formula is C18H18BrClN2O2. The van der Waals surface area contributed by atoms with Crippen LogP contribution in [0.15, 0.2) is 53.0 Å². The highest BCUT2D eigenvalue weighted by Crippen LogP contribution is 2.10.